The fourth-order valence-electron chi connectivity index (χ4n) is 4.23. The molecule has 0 spiro atoms. The lowest BCUT2D eigenvalue weighted by Gasteiger charge is -2.36. The number of fused-ring (bicyclic) bond motifs is 1. The number of benzene rings is 2. The van der Waals surface area contributed by atoms with Crippen LogP contribution in [0.3, 0.4) is 0 Å². The summed E-state index contributed by atoms with van der Waals surface area (Å²) in [6.07, 6.45) is -0.678. The summed E-state index contributed by atoms with van der Waals surface area (Å²) in [6, 6.07) is 6.81. The molecular weight excluding hydrogens is 471 g/mol. The minimum Gasteiger partial charge on any atom is -0.507 e. The van der Waals surface area contributed by atoms with Gasteiger partial charge < -0.3 is 29.3 Å². The molecule has 12 heteroatoms. The number of phosphoric ester groups is 1. The van der Waals surface area contributed by atoms with E-state index in [1.54, 1.807) is 19.2 Å². The van der Waals surface area contributed by atoms with Crippen molar-refractivity contribution in [3.05, 3.63) is 51.1 Å². The van der Waals surface area contributed by atoms with E-state index in [4.69, 9.17) is 28.4 Å². The Hall–Kier alpha value is -2.33. The fourth-order valence-corrected chi connectivity index (χ4v) is 5.08. The molecule has 2 radical (unpaired) electrons. The summed E-state index contributed by atoms with van der Waals surface area (Å²) in [5, 5.41) is 21.2. The molecule has 2 aromatic carbocycles. The molecule has 1 fully saturated rings. The second-order valence-corrected chi connectivity index (χ2v) is 9.64. The molecule has 33 heavy (non-hydrogen) atoms. The highest BCUT2D eigenvalue weighted by Gasteiger charge is 2.38. The summed E-state index contributed by atoms with van der Waals surface area (Å²) in [6.45, 7) is 0.687. The smallest absolute Gasteiger partial charge is 0.469 e. The molecule has 9 nitrogen and oxygen atoms in total. The van der Waals surface area contributed by atoms with Gasteiger partial charge in [-0.15, -0.1) is 0 Å². The molecular formula is C21H20BClNO8P. The van der Waals surface area contributed by atoms with E-state index >= 15 is 0 Å². The van der Waals surface area contributed by atoms with Gasteiger partial charge in [-0.25, -0.2) is 4.57 Å². The highest BCUT2D eigenvalue weighted by molar-refractivity contribution is 7.46. The average Bonchev–Trinajstić information content (AvgIpc) is 2.67. The van der Waals surface area contributed by atoms with Crippen molar-refractivity contribution >= 4 is 43.7 Å². The van der Waals surface area contributed by atoms with Gasteiger partial charge in [-0.05, 0) is 26.1 Å². The number of rotatable bonds is 4. The standard InChI is InChI=1S/C21H20BClNO8P/c1-24-5-4-12(18(9-24)32-33(28,29)30)19-14(25)7-15(26)20-16(27)8-17(31-21(19)20)11-3-2-10(22)6-13(11)23/h2-3,6-8,12,18,25-26H,4-5,9H2,1H3,(H2,28,29,30)/t12-,18+/m0/s1. The number of likely N-dealkylation sites (N-methyl/N-ethyl adjacent to an activating group) is 1. The number of piperidine rings is 1. The lowest BCUT2D eigenvalue weighted by atomic mass is 9.85. The van der Waals surface area contributed by atoms with Crippen molar-refractivity contribution in [2.45, 2.75) is 18.4 Å². The Labute approximate surface area is 194 Å². The molecule has 3 aromatic rings. The van der Waals surface area contributed by atoms with Crippen LogP contribution in [-0.2, 0) is 9.09 Å². The second kappa shape index (κ2) is 8.79. The maximum atomic E-state index is 12.9. The van der Waals surface area contributed by atoms with Gasteiger partial charge in [0.05, 0.1) is 11.1 Å². The fraction of sp³-hybridized carbons (Fsp3) is 0.286. The van der Waals surface area contributed by atoms with Crippen LogP contribution in [-0.4, -0.2) is 59.0 Å². The van der Waals surface area contributed by atoms with Gasteiger partial charge in [0.1, 0.15) is 36.1 Å². The average molecular weight is 492 g/mol. The molecule has 0 saturated carbocycles. The summed E-state index contributed by atoms with van der Waals surface area (Å²) in [7, 11) is 2.64. The van der Waals surface area contributed by atoms with Crippen LogP contribution in [0.2, 0.25) is 5.02 Å². The van der Waals surface area contributed by atoms with Crippen molar-refractivity contribution in [2.24, 2.45) is 0 Å². The first-order valence-corrected chi connectivity index (χ1v) is 11.9. The third kappa shape index (κ3) is 4.82. The van der Waals surface area contributed by atoms with E-state index in [9.17, 15) is 29.4 Å². The van der Waals surface area contributed by atoms with Crippen molar-refractivity contribution < 1.29 is 33.5 Å². The maximum absolute atomic E-state index is 12.9. The zero-order valence-corrected chi connectivity index (χ0v) is 19.1. The largest absolute Gasteiger partial charge is 0.507 e. The van der Waals surface area contributed by atoms with Gasteiger partial charge in [0.2, 0.25) is 0 Å². The number of phosphoric acid groups is 1. The van der Waals surface area contributed by atoms with Crippen LogP contribution in [0.15, 0.2) is 39.5 Å². The quantitative estimate of drug-likeness (QED) is 0.319. The first kappa shape index (κ1) is 23.8. The van der Waals surface area contributed by atoms with Crippen LogP contribution in [0.25, 0.3) is 22.3 Å². The topological polar surface area (TPSA) is 141 Å². The Bertz CT molecular complexity index is 1340. The summed E-state index contributed by atoms with van der Waals surface area (Å²) >= 11 is 6.28. The van der Waals surface area contributed by atoms with Crippen LogP contribution in [0.1, 0.15) is 17.9 Å². The van der Waals surface area contributed by atoms with Crippen LogP contribution in [0.5, 0.6) is 11.5 Å². The van der Waals surface area contributed by atoms with Crippen molar-refractivity contribution in [1.82, 2.24) is 4.90 Å². The maximum Gasteiger partial charge on any atom is 0.469 e. The van der Waals surface area contributed by atoms with Crippen LogP contribution in [0, 0.1) is 0 Å². The number of aromatic hydroxyl groups is 2. The molecule has 1 saturated heterocycles. The van der Waals surface area contributed by atoms with E-state index in [0.29, 0.717) is 24.0 Å². The molecule has 2 atom stereocenters. The van der Waals surface area contributed by atoms with E-state index in [0.717, 1.165) is 6.07 Å². The van der Waals surface area contributed by atoms with E-state index in [-0.39, 0.29) is 33.9 Å². The van der Waals surface area contributed by atoms with Gasteiger partial charge in [-0.2, -0.15) is 0 Å². The van der Waals surface area contributed by atoms with Gasteiger partial charge in [0, 0.05) is 35.7 Å². The number of phenols is 2. The summed E-state index contributed by atoms with van der Waals surface area (Å²) in [5.41, 5.74) is 0.187. The predicted octanol–water partition coefficient (Wildman–Crippen LogP) is 2.22. The zero-order chi connectivity index (χ0) is 24.1. The molecule has 0 unspecified atom stereocenters. The normalized spacial score (nSPS) is 19.8. The number of phenolic OH excluding ortho intramolecular Hbond substituents is 2. The van der Waals surface area contributed by atoms with Crippen molar-refractivity contribution in [1.29, 1.82) is 0 Å². The first-order chi connectivity index (χ1) is 15.4. The Balaban J connectivity index is 1.97. The van der Waals surface area contributed by atoms with Gasteiger partial charge in [-0.3, -0.25) is 9.32 Å². The van der Waals surface area contributed by atoms with Gasteiger partial charge in [0.15, 0.2) is 5.43 Å². The Kier molecular flexibility index (Phi) is 6.35. The second-order valence-electron chi connectivity index (χ2n) is 8.04. The summed E-state index contributed by atoms with van der Waals surface area (Å²) < 4.78 is 22.6. The number of likely N-dealkylation sites (tertiary alicyclic amines) is 1. The Morgan fingerprint density at radius 3 is 2.61 bits per heavy atom. The Morgan fingerprint density at radius 1 is 1.21 bits per heavy atom. The molecule has 1 aromatic heterocycles. The zero-order valence-electron chi connectivity index (χ0n) is 17.4. The van der Waals surface area contributed by atoms with Crippen LogP contribution < -0.4 is 10.9 Å². The van der Waals surface area contributed by atoms with Crippen molar-refractivity contribution in [3.8, 4) is 22.8 Å². The molecule has 1 aliphatic rings. The summed E-state index contributed by atoms with van der Waals surface area (Å²) in [5.74, 6) is -1.55. The van der Waals surface area contributed by atoms with Crippen molar-refractivity contribution in [2.75, 3.05) is 20.1 Å². The van der Waals surface area contributed by atoms with Gasteiger partial charge >= 0.3 is 7.82 Å². The minimum absolute atomic E-state index is 0.0733. The molecule has 2 heterocycles. The van der Waals surface area contributed by atoms with E-state index < -0.39 is 36.8 Å². The third-order valence-electron chi connectivity index (χ3n) is 5.66. The SMILES string of the molecule is [B]c1ccc(-c2cc(=O)c3c(O)cc(O)c([C@H]4CCN(C)C[C@H]4OP(=O)(O)O)c3o2)c(Cl)c1. The van der Waals surface area contributed by atoms with E-state index in [1.165, 1.54) is 12.1 Å². The molecule has 4 rings (SSSR count). The van der Waals surface area contributed by atoms with Crippen LogP contribution in [0.4, 0.5) is 0 Å². The van der Waals surface area contributed by atoms with Gasteiger partial charge in [0.25, 0.3) is 0 Å². The summed E-state index contributed by atoms with van der Waals surface area (Å²) in [4.78, 5) is 33.6. The first-order valence-electron chi connectivity index (χ1n) is 9.95. The molecule has 0 aliphatic carbocycles. The minimum atomic E-state index is -4.86. The van der Waals surface area contributed by atoms with E-state index in [2.05, 4.69) is 0 Å². The number of nitrogens with zero attached hydrogens (tertiary/aromatic N) is 1. The number of hydrogen-bond acceptors (Lipinski definition) is 7. The predicted molar refractivity (Wildman–Crippen MR) is 123 cm³/mol. The third-order valence-corrected chi connectivity index (χ3v) is 6.52. The van der Waals surface area contributed by atoms with E-state index in [1.807, 2.05) is 4.90 Å². The van der Waals surface area contributed by atoms with Crippen LogP contribution >= 0.6 is 19.4 Å². The molecule has 0 amide bonds. The molecule has 4 N–H and O–H groups in total. The number of halogens is 1. The molecule has 0 bridgehead atoms. The highest BCUT2D eigenvalue weighted by Crippen LogP contribution is 2.47. The lowest BCUT2D eigenvalue weighted by Crippen LogP contribution is -2.41. The molecule has 1 aliphatic heterocycles. The van der Waals surface area contributed by atoms with Crippen molar-refractivity contribution in [3.63, 3.8) is 0 Å². The number of hydrogen-bond donors (Lipinski definition) is 4. The lowest BCUT2D eigenvalue weighted by molar-refractivity contribution is 0.0544. The highest BCUT2D eigenvalue weighted by atomic mass is 35.5. The van der Waals surface area contributed by atoms with Gasteiger partial charge in [-0.1, -0.05) is 29.2 Å². The Morgan fingerprint density at radius 2 is 1.94 bits per heavy atom. The monoisotopic (exact) mass is 491 g/mol. The molecule has 172 valence electrons.